The van der Waals surface area contributed by atoms with Crippen LogP contribution in [0.1, 0.15) is 11.3 Å². The summed E-state index contributed by atoms with van der Waals surface area (Å²) in [6, 6.07) is 16.4. The minimum absolute atomic E-state index is 0.109. The number of nitriles is 1. The van der Waals surface area contributed by atoms with Gasteiger partial charge in [0.1, 0.15) is 28.9 Å². The number of nitro benzene ring substituents is 1. The first-order valence-electron chi connectivity index (χ1n) is 8.83. The number of hydrogen-bond donors (Lipinski definition) is 1. The maximum atomic E-state index is 12.4. The number of aryl methyl sites for hydroxylation is 1. The van der Waals surface area contributed by atoms with Crippen LogP contribution in [0.3, 0.4) is 0 Å². The van der Waals surface area contributed by atoms with Crippen molar-refractivity contribution in [3.05, 3.63) is 81.6 Å². The fourth-order valence-corrected chi connectivity index (χ4v) is 2.70. The van der Waals surface area contributed by atoms with E-state index in [1.165, 1.54) is 31.4 Å². The van der Waals surface area contributed by atoms with Crippen molar-refractivity contribution in [1.29, 1.82) is 5.26 Å². The van der Waals surface area contributed by atoms with Crippen molar-refractivity contribution in [2.24, 2.45) is 0 Å². The Bertz CT molecular complexity index is 1170. The molecule has 0 aliphatic rings. The van der Waals surface area contributed by atoms with E-state index in [2.05, 4.69) is 5.32 Å². The predicted molar refractivity (Wildman–Crippen MR) is 111 cm³/mol. The van der Waals surface area contributed by atoms with Crippen LogP contribution in [0, 0.1) is 28.4 Å². The molecule has 0 saturated carbocycles. The maximum absolute atomic E-state index is 12.4. The molecule has 1 heterocycles. The second-order valence-electron chi connectivity index (χ2n) is 6.33. The van der Waals surface area contributed by atoms with Crippen LogP contribution >= 0.6 is 0 Å². The summed E-state index contributed by atoms with van der Waals surface area (Å²) < 4.78 is 10.9. The van der Waals surface area contributed by atoms with Gasteiger partial charge in [-0.2, -0.15) is 5.26 Å². The molecule has 0 unspecified atom stereocenters. The van der Waals surface area contributed by atoms with E-state index in [0.717, 1.165) is 5.56 Å². The Balaban J connectivity index is 1.85. The van der Waals surface area contributed by atoms with E-state index in [4.69, 9.17) is 9.15 Å². The molecule has 0 aliphatic carbocycles. The number of carbonyl (C=O) groups excluding carboxylic acids is 1. The summed E-state index contributed by atoms with van der Waals surface area (Å²) in [6.07, 6.45) is 1.32. The summed E-state index contributed by atoms with van der Waals surface area (Å²) in [5, 5.41) is 23.0. The Morgan fingerprint density at radius 1 is 1.20 bits per heavy atom. The molecule has 0 atom stereocenters. The number of amides is 1. The molecular formula is C22H17N3O5. The molecule has 1 N–H and O–H groups in total. The summed E-state index contributed by atoms with van der Waals surface area (Å²) >= 11 is 0. The first-order valence-corrected chi connectivity index (χ1v) is 8.83. The van der Waals surface area contributed by atoms with Crippen LogP contribution in [0.2, 0.25) is 0 Å². The normalized spacial score (nSPS) is 10.9. The Hall–Kier alpha value is -4.38. The topological polar surface area (TPSA) is 118 Å². The van der Waals surface area contributed by atoms with Crippen molar-refractivity contribution in [3.8, 4) is 23.1 Å². The lowest BCUT2D eigenvalue weighted by atomic mass is 10.1. The van der Waals surface area contributed by atoms with Gasteiger partial charge in [0, 0.05) is 17.8 Å². The van der Waals surface area contributed by atoms with Crippen LogP contribution < -0.4 is 10.1 Å². The molecule has 3 aromatic rings. The molecule has 2 aromatic carbocycles. The van der Waals surface area contributed by atoms with Crippen LogP contribution in [0.25, 0.3) is 17.4 Å². The molecule has 8 nitrogen and oxygen atoms in total. The van der Waals surface area contributed by atoms with Crippen molar-refractivity contribution in [2.45, 2.75) is 6.92 Å². The Morgan fingerprint density at radius 2 is 1.93 bits per heavy atom. The van der Waals surface area contributed by atoms with Gasteiger partial charge in [0.2, 0.25) is 0 Å². The van der Waals surface area contributed by atoms with E-state index in [1.54, 1.807) is 24.3 Å². The highest BCUT2D eigenvalue weighted by atomic mass is 16.6. The van der Waals surface area contributed by atoms with E-state index in [-0.39, 0.29) is 22.8 Å². The summed E-state index contributed by atoms with van der Waals surface area (Å²) in [4.78, 5) is 22.8. The van der Waals surface area contributed by atoms with E-state index < -0.39 is 10.8 Å². The Morgan fingerprint density at radius 3 is 2.57 bits per heavy atom. The lowest BCUT2D eigenvalue weighted by molar-refractivity contribution is -0.384. The molecule has 0 aliphatic heterocycles. The standard InChI is InChI=1S/C22H17N3O5/c1-14-3-5-16(6-4-14)24-22(26)15(13-23)11-18-8-10-20(30-18)19-9-7-17(25(27)28)12-21(19)29-2/h3-12H,1-2H3,(H,24,26)/b15-11+. The molecule has 0 fully saturated rings. The number of carbonyl (C=O) groups is 1. The second kappa shape index (κ2) is 8.75. The fourth-order valence-electron chi connectivity index (χ4n) is 2.70. The molecule has 30 heavy (non-hydrogen) atoms. The SMILES string of the molecule is COc1cc([N+](=O)[O-])ccc1-c1ccc(/C=C(\C#N)C(=O)Nc2ccc(C)cc2)o1. The monoisotopic (exact) mass is 403 g/mol. The zero-order valence-corrected chi connectivity index (χ0v) is 16.2. The molecular weight excluding hydrogens is 386 g/mol. The molecule has 0 bridgehead atoms. The minimum Gasteiger partial charge on any atom is -0.496 e. The van der Waals surface area contributed by atoms with Gasteiger partial charge in [-0.1, -0.05) is 17.7 Å². The molecule has 0 spiro atoms. The number of rotatable bonds is 6. The average Bonchev–Trinajstić information content (AvgIpc) is 3.21. The third-order valence-electron chi connectivity index (χ3n) is 4.25. The first-order chi connectivity index (χ1) is 14.4. The fraction of sp³-hybridized carbons (Fsp3) is 0.0909. The van der Waals surface area contributed by atoms with Crippen LogP contribution in [0.5, 0.6) is 5.75 Å². The lowest BCUT2D eigenvalue weighted by Crippen LogP contribution is -2.13. The zero-order chi connectivity index (χ0) is 21.7. The highest BCUT2D eigenvalue weighted by molar-refractivity contribution is 6.09. The van der Waals surface area contributed by atoms with Gasteiger partial charge in [-0.05, 0) is 37.3 Å². The molecule has 3 rings (SSSR count). The van der Waals surface area contributed by atoms with Crippen LogP contribution in [-0.4, -0.2) is 17.9 Å². The molecule has 0 saturated heterocycles. The third kappa shape index (κ3) is 4.54. The van der Waals surface area contributed by atoms with E-state index >= 15 is 0 Å². The van der Waals surface area contributed by atoms with Crippen molar-refractivity contribution < 1.29 is 18.9 Å². The van der Waals surface area contributed by atoms with E-state index in [1.807, 2.05) is 25.1 Å². The highest BCUT2D eigenvalue weighted by Crippen LogP contribution is 2.34. The Labute approximate surface area is 172 Å². The minimum atomic E-state index is -0.563. The van der Waals surface area contributed by atoms with Crippen molar-refractivity contribution >= 4 is 23.4 Å². The van der Waals surface area contributed by atoms with Crippen molar-refractivity contribution in [3.63, 3.8) is 0 Å². The van der Waals surface area contributed by atoms with Gasteiger partial charge < -0.3 is 14.5 Å². The predicted octanol–water partition coefficient (Wildman–Crippen LogP) is 4.72. The molecule has 150 valence electrons. The van der Waals surface area contributed by atoms with Gasteiger partial charge >= 0.3 is 0 Å². The lowest BCUT2D eigenvalue weighted by Gasteiger charge is -2.06. The number of nitrogens with one attached hydrogen (secondary N) is 1. The quantitative estimate of drug-likeness (QED) is 0.275. The summed E-state index contributed by atoms with van der Waals surface area (Å²) in [6.45, 7) is 1.93. The highest BCUT2D eigenvalue weighted by Gasteiger charge is 2.16. The largest absolute Gasteiger partial charge is 0.496 e. The Kier molecular flexibility index (Phi) is 5.94. The van der Waals surface area contributed by atoms with E-state index in [9.17, 15) is 20.2 Å². The molecule has 0 radical (unpaired) electrons. The van der Waals surface area contributed by atoms with Crippen molar-refractivity contribution in [1.82, 2.24) is 0 Å². The summed E-state index contributed by atoms with van der Waals surface area (Å²) in [5.74, 6) is 0.365. The van der Waals surface area contributed by atoms with Crippen LogP contribution in [-0.2, 0) is 4.79 Å². The summed E-state index contributed by atoms with van der Waals surface area (Å²) in [5.41, 5.74) is 1.88. The van der Waals surface area contributed by atoms with Gasteiger partial charge in [-0.25, -0.2) is 0 Å². The van der Waals surface area contributed by atoms with E-state index in [0.29, 0.717) is 17.0 Å². The number of non-ortho nitro benzene ring substituents is 1. The molecule has 1 amide bonds. The zero-order valence-electron chi connectivity index (χ0n) is 16.2. The number of methoxy groups -OCH3 is 1. The number of benzene rings is 2. The van der Waals surface area contributed by atoms with Gasteiger partial charge in [-0.3, -0.25) is 14.9 Å². The molecule has 8 heteroatoms. The third-order valence-corrected chi connectivity index (χ3v) is 4.25. The summed E-state index contributed by atoms with van der Waals surface area (Å²) in [7, 11) is 1.40. The van der Waals surface area contributed by atoms with Crippen LogP contribution in [0.4, 0.5) is 11.4 Å². The van der Waals surface area contributed by atoms with Gasteiger partial charge in [-0.15, -0.1) is 0 Å². The first kappa shape index (κ1) is 20.4. The molecule has 1 aromatic heterocycles. The van der Waals surface area contributed by atoms with Crippen molar-refractivity contribution in [2.75, 3.05) is 12.4 Å². The average molecular weight is 403 g/mol. The number of hydrogen-bond acceptors (Lipinski definition) is 6. The number of nitrogens with zero attached hydrogens (tertiary/aromatic N) is 2. The number of nitro groups is 1. The van der Waals surface area contributed by atoms with Crippen LogP contribution in [0.15, 0.2) is 64.6 Å². The second-order valence-corrected chi connectivity index (χ2v) is 6.33. The number of anilines is 1. The van der Waals surface area contributed by atoms with Gasteiger partial charge in [0.25, 0.3) is 11.6 Å². The van der Waals surface area contributed by atoms with Gasteiger partial charge in [0.15, 0.2) is 0 Å². The number of ether oxygens (including phenoxy) is 1. The maximum Gasteiger partial charge on any atom is 0.273 e. The smallest absolute Gasteiger partial charge is 0.273 e. The number of furan rings is 1. The van der Waals surface area contributed by atoms with Gasteiger partial charge in [0.05, 0.1) is 23.7 Å².